The topological polar surface area (TPSA) is 72.6 Å². The third-order valence-electron chi connectivity index (χ3n) is 3.30. The maximum Gasteiger partial charge on any atom is 0.218 e. The molecule has 5 nitrogen and oxygen atoms in total. The number of para-hydroxylation sites is 1. The van der Waals surface area contributed by atoms with Crippen LogP contribution < -0.4 is 5.73 Å². The number of hydrogen-bond donors (Lipinski definition) is 1. The molecule has 2 rings (SSSR count). The number of ether oxygens (including phenoxy) is 1. The molecule has 0 spiro atoms. The van der Waals surface area contributed by atoms with Crippen LogP contribution in [0.5, 0.6) is 0 Å². The van der Waals surface area contributed by atoms with Gasteiger partial charge < -0.3 is 10.5 Å². The molecule has 1 fully saturated rings. The largest absolute Gasteiger partial charge is 0.398 e. The zero-order chi connectivity index (χ0) is 14.0. The van der Waals surface area contributed by atoms with E-state index in [0.717, 1.165) is 0 Å². The van der Waals surface area contributed by atoms with E-state index in [0.29, 0.717) is 24.4 Å². The molecule has 0 aromatic heterocycles. The predicted octanol–water partition coefficient (Wildman–Crippen LogP) is 1.21. The molecule has 0 aliphatic carbocycles. The minimum Gasteiger partial charge on any atom is -0.398 e. The van der Waals surface area contributed by atoms with Gasteiger partial charge in [0.25, 0.3) is 0 Å². The van der Waals surface area contributed by atoms with Crippen LogP contribution >= 0.6 is 0 Å². The summed E-state index contributed by atoms with van der Waals surface area (Å²) in [4.78, 5) is 0. The van der Waals surface area contributed by atoms with Crippen molar-refractivity contribution < 1.29 is 13.2 Å². The Balaban J connectivity index is 2.20. The third-order valence-corrected chi connectivity index (χ3v) is 5.20. The normalized spacial score (nSPS) is 25.4. The lowest BCUT2D eigenvalue weighted by Gasteiger charge is -2.35. The third kappa shape index (κ3) is 3.26. The van der Waals surface area contributed by atoms with Crippen LogP contribution in [0.3, 0.4) is 0 Å². The van der Waals surface area contributed by atoms with E-state index in [1.54, 1.807) is 24.3 Å². The van der Waals surface area contributed by atoms with Crippen LogP contribution in [0.4, 0.5) is 5.69 Å². The van der Waals surface area contributed by atoms with E-state index in [9.17, 15) is 8.42 Å². The van der Waals surface area contributed by atoms with Gasteiger partial charge in [-0.25, -0.2) is 8.42 Å². The average molecular weight is 284 g/mol. The summed E-state index contributed by atoms with van der Waals surface area (Å²) in [6, 6.07) is 6.93. The number of benzene rings is 1. The Kier molecular flexibility index (Phi) is 4.13. The van der Waals surface area contributed by atoms with E-state index in [-0.39, 0.29) is 17.9 Å². The van der Waals surface area contributed by atoms with Crippen molar-refractivity contribution in [2.45, 2.75) is 31.7 Å². The SMILES string of the molecule is CC1CN(S(=O)(=O)Cc2ccccc2N)C(C)CO1. The molecule has 1 aromatic carbocycles. The molecule has 0 saturated carbocycles. The molecule has 2 N–H and O–H groups in total. The van der Waals surface area contributed by atoms with Gasteiger partial charge in [0.05, 0.1) is 18.5 Å². The maximum absolute atomic E-state index is 12.5. The fraction of sp³-hybridized carbons (Fsp3) is 0.538. The summed E-state index contributed by atoms with van der Waals surface area (Å²) < 4.78 is 31.9. The Morgan fingerprint density at radius 3 is 2.74 bits per heavy atom. The number of sulfonamides is 1. The van der Waals surface area contributed by atoms with E-state index >= 15 is 0 Å². The number of nitrogen functional groups attached to an aromatic ring is 1. The zero-order valence-electron chi connectivity index (χ0n) is 11.2. The first-order valence-electron chi connectivity index (χ1n) is 6.34. The molecule has 1 aromatic rings. The summed E-state index contributed by atoms with van der Waals surface area (Å²) in [5.74, 6) is -0.0588. The van der Waals surface area contributed by atoms with E-state index in [1.807, 2.05) is 13.8 Å². The van der Waals surface area contributed by atoms with Gasteiger partial charge in [0.15, 0.2) is 0 Å². The molecule has 0 amide bonds. The van der Waals surface area contributed by atoms with Gasteiger partial charge in [0.1, 0.15) is 0 Å². The molecule has 6 heteroatoms. The van der Waals surface area contributed by atoms with Crippen molar-refractivity contribution in [3.63, 3.8) is 0 Å². The minimum absolute atomic E-state index is 0.0588. The van der Waals surface area contributed by atoms with Gasteiger partial charge in [-0.2, -0.15) is 4.31 Å². The highest BCUT2D eigenvalue weighted by atomic mass is 32.2. The second kappa shape index (κ2) is 5.48. The monoisotopic (exact) mass is 284 g/mol. The van der Waals surface area contributed by atoms with Crippen molar-refractivity contribution in [1.82, 2.24) is 4.31 Å². The van der Waals surface area contributed by atoms with E-state index in [4.69, 9.17) is 10.5 Å². The first-order chi connectivity index (χ1) is 8.90. The van der Waals surface area contributed by atoms with Crippen molar-refractivity contribution in [2.24, 2.45) is 0 Å². The van der Waals surface area contributed by atoms with Gasteiger partial charge in [-0.15, -0.1) is 0 Å². The van der Waals surface area contributed by atoms with Gasteiger partial charge in [0.2, 0.25) is 10.0 Å². The number of rotatable bonds is 3. The van der Waals surface area contributed by atoms with E-state index in [2.05, 4.69) is 0 Å². The number of anilines is 1. The molecule has 19 heavy (non-hydrogen) atoms. The molecular formula is C13H20N2O3S. The quantitative estimate of drug-likeness (QED) is 0.847. The van der Waals surface area contributed by atoms with Crippen molar-refractivity contribution in [3.8, 4) is 0 Å². The molecule has 1 saturated heterocycles. The molecular weight excluding hydrogens is 264 g/mol. The van der Waals surface area contributed by atoms with E-state index in [1.165, 1.54) is 4.31 Å². The molecule has 2 atom stereocenters. The Morgan fingerprint density at radius 2 is 2.05 bits per heavy atom. The highest BCUT2D eigenvalue weighted by Gasteiger charge is 2.33. The lowest BCUT2D eigenvalue weighted by molar-refractivity contribution is -0.0171. The minimum atomic E-state index is -3.37. The number of hydrogen-bond acceptors (Lipinski definition) is 4. The molecule has 2 unspecified atom stereocenters. The molecule has 1 aliphatic rings. The van der Waals surface area contributed by atoms with Crippen LogP contribution in [0.2, 0.25) is 0 Å². The maximum atomic E-state index is 12.5. The molecule has 1 aliphatic heterocycles. The first kappa shape index (κ1) is 14.3. The number of nitrogens with zero attached hydrogens (tertiary/aromatic N) is 1. The first-order valence-corrected chi connectivity index (χ1v) is 7.95. The average Bonchev–Trinajstić information content (AvgIpc) is 2.35. The van der Waals surface area contributed by atoms with Crippen LogP contribution in [0, 0.1) is 0 Å². The molecule has 0 radical (unpaired) electrons. The standard InChI is InChI=1S/C13H20N2O3S/c1-10-8-18-11(2)7-15(10)19(16,17)9-12-5-3-4-6-13(12)14/h3-6,10-11H,7-9,14H2,1-2H3. The Labute approximate surface area is 114 Å². The highest BCUT2D eigenvalue weighted by Crippen LogP contribution is 2.21. The van der Waals surface area contributed by atoms with Crippen LogP contribution in [0.15, 0.2) is 24.3 Å². The summed E-state index contributed by atoms with van der Waals surface area (Å²) in [5, 5.41) is 0. The van der Waals surface area contributed by atoms with Crippen LogP contribution in [-0.4, -0.2) is 38.0 Å². The zero-order valence-corrected chi connectivity index (χ0v) is 12.1. The Morgan fingerprint density at radius 1 is 1.37 bits per heavy atom. The van der Waals surface area contributed by atoms with Gasteiger partial charge in [0, 0.05) is 18.3 Å². The number of morpholine rings is 1. The van der Waals surface area contributed by atoms with E-state index < -0.39 is 10.0 Å². The molecule has 1 heterocycles. The van der Waals surface area contributed by atoms with Gasteiger partial charge in [-0.1, -0.05) is 18.2 Å². The lowest BCUT2D eigenvalue weighted by atomic mass is 10.2. The second-order valence-corrected chi connectivity index (χ2v) is 6.94. The second-order valence-electron chi connectivity index (χ2n) is 5.02. The van der Waals surface area contributed by atoms with Crippen molar-refractivity contribution in [2.75, 3.05) is 18.9 Å². The van der Waals surface area contributed by atoms with Crippen molar-refractivity contribution >= 4 is 15.7 Å². The van der Waals surface area contributed by atoms with Gasteiger partial charge in [-0.05, 0) is 25.5 Å². The van der Waals surface area contributed by atoms with Crippen LogP contribution in [0.1, 0.15) is 19.4 Å². The Hall–Kier alpha value is -1.11. The number of nitrogens with two attached hydrogens (primary N) is 1. The molecule has 0 bridgehead atoms. The summed E-state index contributed by atoms with van der Waals surface area (Å²) in [6.07, 6.45) is -0.0703. The molecule has 106 valence electrons. The van der Waals surface area contributed by atoms with Crippen molar-refractivity contribution in [1.29, 1.82) is 0 Å². The fourth-order valence-electron chi connectivity index (χ4n) is 2.21. The summed E-state index contributed by atoms with van der Waals surface area (Å²) in [7, 11) is -3.37. The van der Waals surface area contributed by atoms with Crippen molar-refractivity contribution in [3.05, 3.63) is 29.8 Å². The smallest absolute Gasteiger partial charge is 0.218 e. The predicted molar refractivity (Wildman–Crippen MR) is 75.1 cm³/mol. The van der Waals surface area contributed by atoms with Gasteiger partial charge in [-0.3, -0.25) is 0 Å². The fourth-order valence-corrected chi connectivity index (χ4v) is 4.07. The summed E-state index contributed by atoms with van der Waals surface area (Å²) >= 11 is 0. The lowest BCUT2D eigenvalue weighted by Crippen LogP contribution is -2.50. The highest BCUT2D eigenvalue weighted by molar-refractivity contribution is 7.88. The Bertz CT molecular complexity index is 545. The van der Waals surface area contributed by atoms with Crippen LogP contribution in [-0.2, 0) is 20.5 Å². The summed E-state index contributed by atoms with van der Waals surface area (Å²) in [5.41, 5.74) is 6.97. The summed E-state index contributed by atoms with van der Waals surface area (Å²) in [6.45, 7) is 4.57. The van der Waals surface area contributed by atoms with Gasteiger partial charge >= 0.3 is 0 Å². The van der Waals surface area contributed by atoms with Crippen LogP contribution in [0.25, 0.3) is 0 Å².